The number of aliphatic carboxylic acids is 1. The highest BCUT2D eigenvalue weighted by Crippen LogP contribution is 2.41. The molecule has 0 saturated heterocycles. The third-order valence-corrected chi connectivity index (χ3v) is 6.78. The molecule has 0 aliphatic carbocycles. The predicted molar refractivity (Wildman–Crippen MR) is 54.6 cm³/mol. The molecule has 0 radical (unpaired) electrons. The molecule has 76 valence electrons. The van der Waals surface area contributed by atoms with Crippen molar-refractivity contribution in [2.45, 2.75) is 44.9 Å². The van der Waals surface area contributed by atoms with Crippen molar-refractivity contribution >= 4 is 19.8 Å². The van der Waals surface area contributed by atoms with E-state index in [1.165, 1.54) is 6.92 Å². The van der Waals surface area contributed by atoms with E-state index in [0.29, 0.717) is 0 Å². The molecule has 0 fully saturated rings. The molecule has 1 unspecified atom stereocenters. The number of rotatable bonds is 4. The Morgan fingerprint density at radius 1 is 1.31 bits per heavy atom. The van der Waals surface area contributed by atoms with Gasteiger partial charge < -0.3 is 5.11 Å². The molecular formula is C9H18O3Si. The van der Waals surface area contributed by atoms with Crippen LogP contribution in [0.15, 0.2) is 0 Å². The van der Waals surface area contributed by atoms with Gasteiger partial charge in [-0.2, -0.15) is 0 Å². The van der Waals surface area contributed by atoms with Crippen LogP contribution in [0.5, 0.6) is 0 Å². The monoisotopic (exact) mass is 202 g/mol. The Labute approximate surface area is 80.2 Å². The summed E-state index contributed by atoms with van der Waals surface area (Å²) in [7, 11) is -1.77. The Bertz CT molecular complexity index is 230. The molecule has 0 aromatic rings. The lowest BCUT2D eigenvalue weighted by atomic mass is 10.0. The highest BCUT2D eigenvalue weighted by atomic mass is 28.3. The van der Waals surface area contributed by atoms with Crippen LogP contribution in [0.1, 0.15) is 20.3 Å². The van der Waals surface area contributed by atoms with Crippen LogP contribution in [-0.4, -0.2) is 24.9 Å². The van der Waals surface area contributed by atoms with Crippen molar-refractivity contribution in [2.24, 2.45) is 0 Å². The molecule has 0 saturated carbocycles. The van der Waals surface area contributed by atoms with E-state index in [0.717, 1.165) is 0 Å². The van der Waals surface area contributed by atoms with Crippen molar-refractivity contribution in [3.05, 3.63) is 0 Å². The second-order valence-corrected chi connectivity index (χ2v) is 10.3. The number of carboxylic acid groups (broad SMARTS) is 1. The summed E-state index contributed by atoms with van der Waals surface area (Å²) in [4.78, 5) is 22.1. The van der Waals surface area contributed by atoms with Crippen molar-refractivity contribution in [3.63, 3.8) is 0 Å². The number of carbonyl (C=O) groups excluding carboxylic acids is 1. The van der Waals surface area contributed by atoms with Gasteiger partial charge in [-0.25, -0.2) is 0 Å². The fourth-order valence-corrected chi connectivity index (χ4v) is 2.96. The maximum absolute atomic E-state index is 11.4. The van der Waals surface area contributed by atoms with E-state index in [1.807, 2.05) is 19.6 Å². The van der Waals surface area contributed by atoms with E-state index in [2.05, 4.69) is 0 Å². The van der Waals surface area contributed by atoms with Crippen molar-refractivity contribution in [3.8, 4) is 0 Å². The van der Waals surface area contributed by atoms with E-state index < -0.39 is 19.1 Å². The van der Waals surface area contributed by atoms with Gasteiger partial charge in [0.05, 0.1) is 14.5 Å². The van der Waals surface area contributed by atoms with Gasteiger partial charge in [0.15, 0.2) is 0 Å². The molecule has 0 amide bonds. The minimum Gasteiger partial charge on any atom is -0.481 e. The Morgan fingerprint density at radius 3 is 1.77 bits per heavy atom. The number of hydrogen-bond donors (Lipinski definition) is 1. The zero-order chi connectivity index (χ0) is 10.9. The number of hydrogen-bond acceptors (Lipinski definition) is 2. The smallest absolute Gasteiger partial charge is 0.304 e. The normalized spacial score (nSPS) is 16.4. The van der Waals surface area contributed by atoms with Crippen LogP contribution in [0.25, 0.3) is 0 Å². The molecule has 0 aromatic carbocycles. The molecule has 0 bridgehead atoms. The van der Waals surface area contributed by atoms with E-state index in [1.54, 1.807) is 6.92 Å². The molecule has 0 aliphatic rings. The largest absolute Gasteiger partial charge is 0.481 e. The topological polar surface area (TPSA) is 54.4 Å². The average Bonchev–Trinajstić information content (AvgIpc) is 1.82. The number of ketones is 1. The minimum absolute atomic E-state index is 0.00549. The third kappa shape index (κ3) is 2.65. The second kappa shape index (κ2) is 3.62. The molecular weight excluding hydrogens is 184 g/mol. The zero-order valence-corrected chi connectivity index (χ0v) is 9.97. The molecule has 1 N–H and O–H groups in total. The van der Waals surface area contributed by atoms with Gasteiger partial charge >= 0.3 is 5.97 Å². The zero-order valence-electron chi connectivity index (χ0n) is 8.97. The lowest BCUT2D eigenvalue weighted by Gasteiger charge is -2.37. The van der Waals surface area contributed by atoms with Crippen LogP contribution >= 0.6 is 0 Å². The van der Waals surface area contributed by atoms with E-state index in [9.17, 15) is 9.59 Å². The molecule has 4 heteroatoms. The fourth-order valence-electron chi connectivity index (χ4n) is 1.22. The maximum atomic E-state index is 11.4. The van der Waals surface area contributed by atoms with Crippen LogP contribution < -0.4 is 0 Å². The summed E-state index contributed by atoms with van der Waals surface area (Å²) < 4.78 is 0. The summed E-state index contributed by atoms with van der Waals surface area (Å²) in [6.07, 6.45) is -0.0436. The van der Waals surface area contributed by atoms with E-state index in [-0.39, 0.29) is 12.2 Å². The molecule has 0 aliphatic heterocycles. The van der Waals surface area contributed by atoms with Crippen LogP contribution in [-0.2, 0) is 9.59 Å². The second-order valence-electron chi connectivity index (χ2n) is 4.71. The van der Waals surface area contributed by atoms with Crippen molar-refractivity contribution in [2.75, 3.05) is 0 Å². The van der Waals surface area contributed by atoms with Crippen LogP contribution in [0.4, 0.5) is 0 Å². The first-order valence-corrected chi connectivity index (χ1v) is 7.84. The first-order valence-electron chi connectivity index (χ1n) is 4.34. The minimum atomic E-state index is -1.77. The van der Waals surface area contributed by atoms with Gasteiger partial charge in [-0.05, 0) is 6.92 Å². The van der Waals surface area contributed by atoms with Crippen LogP contribution in [0.2, 0.25) is 24.7 Å². The van der Waals surface area contributed by atoms with Crippen molar-refractivity contribution in [1.29, 1.82) is 0 Å². The molecule has 0 aromatic heterocycles. The maximum Gasteiger partial charge on any atom is 0.304 e. The lowest BCUT2D eigenvalue weighted by Crippen LogP contribution is -2.43. The standard InChI is InChI=1S/C9H18O3Si/c1-7(10)9(2,6-8(11)12)13(3,4)5/h6H2,1-5H3,(H,11,12). The summed E-state index contributed by atoms with van der Waals surface area (Å²) in [5, 5.41) is 8.09. The fraction of sp³-hybridized carbons (Fsp3) is 0.778. The first kappa shape index (κ1) is 12.4. The van der Waals surface area contributed by atoms with E-state index >= 15 is 0 Å². The van der Waals surface area contributed by atoms with Crippen LogP contribution in [0, 0.1) is 0 Å². The average molecular weight is 202 g/mol. The first-order chi connectivity index (χ1) is 5.61. The van der Waals surface area contributed by atoms with Crippen molar-refractivity contribution < 1.29 is 14.7 Å². The Morgan fingerprint density at radius 2 is 1.69 bits per heavy atom. The summed E-state index contributed by atoms with van der Waals surface area (Å²) in [5.41, 5.74) is 0. The van der Waals surface area contributed by atoms with Gasteiger partial charge in [-0.1, -0.05) is 26.6 Å². The lowest BCUT2D eigenvalue weighted by molar-refractivity contribution is -0.139. The number of carbonyl (C=O) groups is 2. The molecule has 0 spiro atoms. The highest BCUT2D eigenvalue weighted by Gasteiger charge is 2.44. The summed E-state index contributed by atoms with van der Waals surface area (Å²) >= 11 is 0. The SMILES string of the molecule is CC(=O)C(C)(CC(=O)O)[Si](C)(C)C. The van der Waals surface area contributed by atoms with Gasteiger partial charge in [0.25, 0.3) is 0 Å². The number of Topliss-reactive ketones (excluding diaryl/α,β-unsaturated/α-hetero) is 1. The van der Waals surface area contributed by atoms with Gasteiger partial charge in [-0.3, -0.25) is 9.59 Å². The van der Waals surface area contributed by atoms with Gasteiger partial charge in [0.2, 0.25) is 0 Å². The summed E-state index contributed by atoms with van der Waals surface area (Å²) in [6, 6.07) is 0. The Hall–Kier alpha value is -0.643. The molecule has 0 rings (SSSR count). The Kier molecular flexibility index (Phi) is 3.44. The molecule has 1 atom stereocenters. The molecule has 13 heavy (non-hydrogen) atoms. The summed E-state index contributed by atoms with van der Waals surface area (Å²) in [6.45, 7) is 9.34. The third-order valence-electron chi connectivity index (χ3n) is 2.94. The Balaban J connectivity index is 4.96. The van der Waals surface area contributed by atoms with Crippen molar-refractivity contribution in [1.82, 2.24) is 0 Å². The quantitative estimate of drug-likeness (QED) is 0.711. The van der Waals surface area contributed by atoms with E-state index in [4.69, 9.17) is 5.11 Å². The number of carboxylic acids is 1. The van der Waals surface area contributed by atoms with Gasteiger partial charge in [0.1, 0.15) is 5.78 Å². The summed E-state index contributed by atoms with van der Waals surface area (Å²) in [5.74, 6) is -0.894. The predicted octanol–water partition coefficient (Wildman–Crippen LogP) is 2.15. The van der Waals surface area contributed by atoms with Crippen LogP contribution in [0.3, 0.4) is 0 Å². The van der Waals surface area contributed by atoms with Gasteiger partial charge in [-0.15, -0.1) is 0 Å². The van der Waals surface area contributed by atoms with Gasteiger partial charge in [0, 0.05) is 5.04 Å². The molecule has 3 nitrogen and oxygen atoms in total. The molecule has 0 heterocycles. The highest BCUT2D eigenvalue weighted by molar-refractivity contribution is 6.82.